The molecule has 0 bridgehead atoms. The van der Waals surface area contributed by atoms with Gasteiger partial charge in [0.25, 0.3) is 0 Å². The minimum atomic E-state index is 0.748. The Morgan fingerprint density at radius 3 is 2.27 bits per heavy atom. The van der Waals surface area contributed by atoms with Crippen molar-refractivity contribution in [3.63, 3.8) is 0 Å². The molecule has 0 atom stereocenters. The van der Waals surface area contributed by atoms with Crippen LogP contribution in [0.4, 0.5) is 0 Å². The Morgan fingerprint density at radius 1 is 1.20 bits per heavy atom. The standard InChI is InChI=1S/C11H18N2.C2H6/c1-8-3-5-10(6-4-8)11-7-12-9(2)13-11;1-2/h7-8,10H,3-6H2,1-2H3,(H,12,13);1-2H3. The van der Waals surface area contributed by atoms with E-state index >= 15 is 0 Å². The predicted molar refractivity (Wildman–Crippen MR) is 65.0 cm³/mol. The van der Waals surface area contributed by atoms with Gasteiger partial charge in [-0.1, -0.05) is 33.6 Å². The van der Waals surface area contributed by atoms with Crippen molar-refractivity contribution < 1.29 is 0 Å². The Hall–Kier alpha value is -0.790. The number of nitrogens with one attached hydrogen (secondary N) is 1. The van der Waals surface area contributed by atoms with Crippen molar-refractivity contribution in [1.82, 2.24) is 9.97 Å². The number of hydrogen-bond donors (Lipinski definition) is 1. The Bertz CT molecular complexity index is 270. The van der Waals surface area contributed by atoms with Gasteiger partial charge in [0.1, 0.15) is 5.82 Å². The van der Waals surface area contributed by atoms with E-state index < -0.39 is 0 Å². The summed E-state index contributed by atoms with van der Waals surface area (Å²) in [5, 5.41) is 0. The number of hydrogen-bond acceptors (Lipinski definition) is 1. The fourth-order valence-electron chi connectivity index (χ4n) is 2.22. The molecule has 2 heteroatoms. The number of aromatic amines is 1. The van der Waals surface area contributed by atoms with E-state index in [4.69, 9.17) is 0 Å². The fourth-order valence-corrected chi connectivity index (χ4v) is 2.22. The van der Waals surface area contributed by atoms with Gasteiger partial charge in [-0.3, -0.25) is 0 Å². The maximum atomic E-state index is 4.26. The lowest BCUT2D eigenvalue weighted by molar-refractivity contribution is 0.344. The highest BCUT2D eigenvalue weighted by Gasteiger charge is 2.20. The molecule has 1 aliphatic carbocycles. The summed E-state index contributed by atoms with van der Waals surface area (Å²) in [7, 11) is 0. The zero-order valence-electron chi connectivity index (χ0n) is 10.5. The smallest absolute Gasteiger partial charge is 0.103 e. The molecule has 2 nitrogen and oxygen atoms in total. The molecule has 0 aromatic carbocycles. The van der Waals surface area contributed by atoms with Crippen LogP contribution < -0.4 is 0 Å². The molecular weight excluding hydrogens is 184 g/mol. The first-order valence-electron chi connectivity index (χ1n) is 6.27. The Labute approximate surface area is 93.5 Å². The van der Waals surface area contributed by atoms with Gasteiger partial charge in [0, 0.05) is 17.8 Å². The van der Waals surface area contributed by atoms with Gasteiger partial charge in [0.2, 0.25) is 0 Å². The molecule has 86 valence electrons. The monoisotopic (exact) mass is 208 g/mol. The van der Waals surface area contributed by atoms with Crippen molar-refractivity contribution >= 4 is 0 Å². The van der Waals surface area contributed by atoms with E-state index in [1.165, 1.54) is 31.4 Å². The molecule has 2 rings (SSSR count). The summed E-state index contributed by atoms with van der Waals surface area (Å²) in [5.41, 5.74) is 1.35. The van der Waals surface area contributed by atoms with Gasteiger partial charge in [-0.2, -0.15) is 0 Å². The third-order valence-electron chi connectivity index (χ3n) is 3.18. The first-order valence-corrected chi connectivity index (χ1v) is 6.27. The molecule has 1 aromatic heterocycles. The quantitative estimate of drug-likeness (QED) is 0.741. The van der Waals surface area contributed by atoms with Crippen LogP contribution in [0, 0.1) is 12.8 Å². The Morgan fingerprint density at radius 2 is 1.80 bits per heavy atom. The van der Waals surface area contributed by atoms with Crippen LogP contribution >= 0.6 is 0 Å². The van der Waals surface area contributed by atoms with Gasteiger partial charge < -0.3 is 4.98 Å². The Kier molecular flexibility index (Phi) is 4.86. The van der Waals surface area contributed by atoms with E-state index in [1.807, 2.05) is 27.0 Å². The largest absolute Gasteiger partial charge is 0.346 e. The summed E-state index contributed by atoms with van der Waals surface area (Å²) in [6, 6.07) is 0. The van der Waals surface area contributed by atoms with E-state index in [0.717, 1.165) is 17.7 Å². The summed E-state index contributed by atoms with van der Waals surface area (Å²) in [4.78, 5) is 7.60. The second-order valence-electron chi connectivity index (χ2n) is 4.38. The molecule has 1 aromatic rings. The third-order valence-corrected chi connectivity index (χ3v) is 3.18. The Balaban J connectivity index is 0.000000531. The number of aromatic nitrogens is 2. The topological polar surface area (TPSA) is 28.7 Å². The van der Waals surface area contributed by atoms with E-state index in [-0.39, 0.29) is 0 Å². The molecule has 0 radical (unpaired) electrons. The second-order valence-corrected chi connectivity index (χ2v) is 4.38. The fraction of sp³-hybridized carbons (Fsp3) is 0.769. The first-order chi connectivity index (χ1) is 7.25. The van der Waals surface area contributed by atoms with Crippen molar-refractivity contribution in [3.05, 3.63) is 17.7 Å². The maximum Gasteiger partial charge on any atom is 0.103 e. The molecule has 0 spiro atoms. The molecule has 0 saturated heterocycles. The van der Waals surface area contributed by atoms with Crippen LogP contribution in [-0.2, 0) is 0 Å². The summed E-state index contributed by atoms with van der Waals surface area (Å²) in [6.45, 7) is 8.38. The second kappa shape index (κ2) is 5.94. The summed E-state index contributed by atoms with van der Waals surface area (Å²) < 4.78 is 0. The normalized spacial score (nSPS) is 25.6. The van der Waals surface area contributed by atoms with Gasteiger partial charge >= 0.3 is 0 Å². The maximum absolute atomic E-state index is 4.26. The number of aryl methyl sites for hydroxylation is 1. The van der Waals surface area contributed by atoms with Crippen molar-refractivity contribution in [3.8, 4) is 0 Å². The molecule has 1 heterocycles. The first kappa shape index (κ1) is 12.3. The van der Waals surface area contributed by atoms with Crippen LogP contribution in [0.3, 0.4) is 0 Å². The molecule has 1 saturated carbocycles. The average Bonchev–Trinajstić information content (AvgIpc) is 2.69. The van der Waals surface area contributed by atoms with Crippen LogP contribution in [0.2, 0.25) is 0 Å². The molecule has 0 aliphatic heterocycles. The molecule has 0 amide bonds. The lowest BCUT2D eigenvalue weighted by Gasteiger charge is -2.24. The lowest BCUT2D eigenvalue weighted by Crippen LogP contribution is -2.10. The van der Waals surface area contributed by atoms with E-state index in [9.17, 15) is 0 Å². The van der Waals surface area contributed by atoms with Crippen molar-refractivity contribution in [2.75, 3.05) is 0 Å². The van der Waals surface area contributed by atoms with Gasteiger partial charge in [0.05, 0.1) is 0 Å². The van der Waals surface area contributed by atoms with Crippen LogP contribution in [0.1, 0.15) is 63.9 Å². The number of rotatable bonds is 1. The van der Waals surface area contributed by atoms with Gasteiger partial charge in [0.15, 0.2) is 0 Å². The van der Waals surface area contributed by atoms with E-state index in [1.54, 1.807) is 0 Å². The minimum Gasteiger partial charge on any atom is -0.346 e. The van der Waals surface area contributed by atoms with Crippen molar-refractivity contribution in [1.29, 1.82) is 0 Å². The van der Waals surface area contributed by atoms with Gasteiger partial charge in [-0.15, -0.1) is 0 Å². The molecular formula is C13H24N2. The van der Waals surface area contributed by atoms with Crippen LogP contribution in [0.25, 0.3) is 0 Å². The van der Waals surface area contributed by atoms with Crippen LogP contribution in [0.5, 0.6) is 0 Å². The zero-order chi connectivity index (χ0) is 11.3. The molecule has 1 N–H and O–H groups in total. The molecule has 0 unspecified atom stereocenters. The predicted octanol–water partition coefficient (Wildman–Crippen LogP) is 4.04. The van der Waals surface area contributed by atoms with Gasteiger partial charge in [-0.05, 0) is 25.7 Å². The summed E-state index contributed by atoms with van der Waals surface area (Å²) >= 11 is 0. The number of H-pyrrole nitrogens is 1. The average molecular weight is 208 g/mol. The zero-order valence-corrected chi connectivity index (χ0v) is 10.5. The van der Waals surface area contributed by atoms with E-state index in [0.29, 0.717) is 0 Å². The molecule has 1 aliphatic rings. The van der Waals surface area contributed by atoms with Crippen LogP contribution in [0.15, 0.2) is 6.20 Å². The van der Waals surface area contributed by atoms with Crippen molar-refractivity contribution in [2.24, 2.45) is 5.92 Å². The summed E-state index contributed by atoms with van der Waals surface area (Å²) in [6.07, 6.45) is 7.44. The molecule has 15 heavy (non-hydrogen) atoms. The number of nitrogens with zero attached hydrogens (tertiary/aromatic N) is 1. The number of imidazole rings is 1. The molecule has 1 fully saturated rings. The van der Waals surface area contributed by atoms with Crippen LogP contribution in [-0.4, -0.2) is 9.97 Å². The van der Waals surface area contributed by atoms with Crippen molar-refractivity contribution in [2.45, 2.75) is 59.3 Å². The third kappa shape index (κ3) is 3.37. The highest BCUT2D eigenvalue weighted by Crippen LogP contribution is 2.34. The summed E-state index contributed by atoms with van der Waals surface area (Å²) in [5.74, 6) is 2.73. The minimum absolute atomic E-state index is 0.748. The van der Waals surface area contributed by atoms with Gasteiger partial charge in [-0.25, -0.2) is 4.98 Å². The van der Waals surface area contributed by atoms with E-state index in [2.05, 4.69) is 16.9 Å². The SMILES string of the molecule is CC.Cc1ncc(C2CCC(C)CC2)[nH]1. The highest BCUT2D eigenvalue weighted by atomic mass is 14.9. The highest BCUT2D eigenvalue weighted by molar-refractivity contribution is 5.07. The lowest BCUT2D eigenvalue weighted by atomic mass is 9.82.